The molecule has 3 rings (SSSR count). The Hall–Kier alpha value is -2.86. The average Bonchev–Trinajstić information content (AvgIpc) is 3.09. The second kappa shape index (κ2) is 8.01. The first-order valence-electron chi connectivity index (χ1n) is 8.12. The number of halogens is 1. The summed E-state index contributed by atoms with van der Waals surface area (Å²) in [6, 6.07) is 13.3. The van der Waals surface area contributed by atoms with E-state index in [1.807, 2.05) is 19.1 Å². The fraction of sp³-hybridized carbons (Fsp3) is 0.150. The average molecular weight is 368 g/mol. The zero-order valence-corrected chi connectivity index (χ0v) is 15.0. The molecule has 0 atom stereocenters. The summed E-state index contributed by atoms with van der Waals surface area (Å²) in [5.74, 6) is -0.632. The van der Waals surface area contributed by atoms with Crippen molar-refractivity contribution in [3.05, 3.63) is 70.9 Å². The fourth-order valence-electron chi connectivity index (χ4n) is 2.38. The highest BCUT2D eigenvalue weighted by atomic mass is 32.1. The molecule has 26 heavy (non-hydrogen) atoms. The molecule has 2 aromatic carbocycles. The van der Waals surface area contributed by atoms with Crippen LogP contribution in [0.5, 0.6) is 0 Å². The van der Waals surface area contributed by atoms with Gasteiger partial charge in [0, 0.05) is 29.3 Å². The lowest BCUT2D eigenvalue weighted by molar-refractivity contribution is -0.116. The maximum atomic E-state index is 13.0. The zero-order valence-electron chi connectivity index (χ0n) is 14.2. The van der Waals surface area contributed by atoms with Crippen LogP contribution in [0.4, 0.5) is 9.52 Å². The van der Waals surface area contributed by atoms with Crippen molar-refractivity contribution in [1.29, 1.82) is 0 Å². The van der Waals surface area contributed by atoms with Crippen LogP contribution in [-0.2, 0) is 4.79 Å². The molecule has 0 saturated carbocycles. The van der Waals surface area contributed by atoms with Gasteiger partial charge < -0.3 is 5.32 Å². The Bertz CT molecular complexity index is 918. The summed E-state index contributed by atoms with van der Waals surface area (Å²) in [4.78, 5) is 28.5. The standard InChI is InChI=1S/C20H17FN2O2S/c1-13-2-4-15(5-3-13)18(24)10-11-19(25)23-20-22-17(12-26-20)14-6-8-16(21)9-7-14/h2-9,12H,10-11H2,1H3,(H,22,23,25). The van der Waals surface area contributed by atoms with Crippen LogP contribution in [-0.4, -0.2) is 16.7 Å². The van der Waals surface area contributed by atoms with Gasteiger partial charge in [0.1, 0.15) is 5.82 Å². The number of amides is 1. The number of nitrogens with zero attached hydrogens (tertiary/aromatic N) is 1. The minimum Gasteiger partial charge on any atom is -0.302 e. The minimum atomic E-state index is -0.309. The molecule has 6 heteroatoms. The second-order valence-corrected chi connectivity index (χ2v) is 6.74. The van der Waals surface area contributed by atoms with Crippen LogP contribution in [0.2, 0.25) is 0 Å². The molecule has 0 radical (unpaired) electrons. The lowest BCUT2D eigenvalue weighted by Gasteiger charge is -2.03. The molecule has 0 unspecified atom stereocenters. The Morgan fingerprint density at radius 2 is 1.73 bits per heavy atom. The summed E-state index contributed by atoms with van der Waals surface area (Å²) in [5.41, 5.74) is 3.13. The normalized spacial score (nSPS) is 10.5. The van der Waals surface area contributed by atoms with E-state index >= 15 is 0 Å². The first kappa shape index (κ1) is 17.9. The van der Waals surface area contributed by atoms with Gasteiger partial charge in [-0.05, 0) is 31.2 Å². The van der Waals surface area contributed by atoms with E-state index in [-0.39, 0.29) is 30.3 Å². The van der Waals surface area contributed by atoms with E-state index in [1.165, 1.54) is 23.5 Å². The molecular weight excluding hydrogens is 351 g/mol. The van der Waals surface area contributed by atoms with Gasteiger partial charge in [-0.2, -0.15) is 0 Å². The van der Waals surface area contributed by atoms with E-state index in [4.69, 9.17) is 0 Å². The largest absolute Gasteiger partial charge is 0.302 e. The smallest absolute Gasteiger partial charge is 0.226 e. The SMILES string of the molecule is Cc1ccc(C(=O)CCC(=O)Nc2nc(-c3ccc(F)cc3)cs2)cc1. The lowest BCUT2D eigenvalue weighted by Crippen LogP contribution is -2.13. The van der Waals surface area contributed by atoms with Crippen molar-refractivity contribution >= 4 is 28.2 Å². The minimum absolute atomic E-state index is 0.0636. The lowest BCUT2D eigenvalue weighted by atomic mass is 10.1. The van der Waals surface area contributed by atoms with E-state index < -0.39 is 0 Å². The van der Waals surface area contributed by atoms with Crippen molar-refractivity contribution in [3.63, 3.8) is 0 Å². The van der Waals surface area contributed by atoms with Crippen molar-refractivity contribution in [2.75, 3.05) is 5.32 Å². The number of hydrogen-bond acceptors (Lipinski definition) is 4. The third-order valence-electron chi connectivity index (χ3n) is 3.84. The molecule has 0 aliphatic heterocycles. The summed E-state index contributed by atoms with van der Waals surface area (Å²) >= 11 is 1.29. The molecule has 1 aromatic heterocycles. The number of ketones is 1. The first-order valence-corrected chi connectivity index (χ1v) is 9.00. The molecule has 0 bridgehead atoms. The van der Waals surface area contributed by atoms with Crippen LogP contribution in [0.15, 0.2) is 53.9 Å². The number of aromatic nitrogens is 1. The zero-order chi connectivity index (χ0) is 18.5. The van der Waals surface area contributed by atoms with Gasteiger partial charge in [0.25, 0.3) is 0 Å². The van der Waals surface area contributed by atoms with Crippen molar-refractivity contribution in [1.82, 2.24) is 4.98 Å². The Labute approximate surface area is 154 Å². The van der Waals surface area contributed by atoms with E-state index in [9.17, 15) is 14.0 Å². The van der Waals surface area contributed by atoms with Crippen molar-refractivity contribution in [2.45, 2.75) is 19.8 Å². The molecule has 1 heterocycles. The van der Waals surface area contributed by atoms with Crippen LogP contribution >= 0.6 is 11.3 Å². The van der Waals surface area contributed by atoms with Crippen molar-refractivity contribution in [2.24, 2.45) is 0 Å². The van der Waals surface area contributed by atoms with E-state index in [2.05, 4.69) is 10.3 Å². The Morgan fingerprint density at radius 3 is 2.42 bits per heavy atom. The highest BCUT2D eigenvalue weighted by molar-refractivity contribution is 7.14. The molecule has 3 aromatic rings. The third-order valence-corrected chi connectivity index (χ3v) is 4.60. The number of hydrogen-bond donors (Lipinski definition) is 1. The molecule has 4 nitrogen and oxygen atoms in total. The monoisotopic (exact) mass is 368 g/mol. The topological polar surface area (TPSA) is 59.1 Å². The summed E-state index contributed by atoms with van der Waals surface area (Å²) in [7, 11) is 0. The van der Waals surface area contributed by atoms with Gasteiger partial charge in [-0.25, -0.2) is 9.37 Å². The predicted octanol–water partition coefficient (Wildman–Crippen LogP) is 4.86. The number of Topliss-reactive ketones (excluding diaryl/α,β-unsaturated/α-hetero) is 1. The number of thiazole rings is 1. The van der Waals surface area contributed by atoms with Crippen LogP contribution in [0.25, 0.3) is 11.3 Å². The molecule has 0 spiro atoms. The molecular formula is C20H17FN2O2S. The fourth-order valence-corrected chi connectivity index (χ4v) is 3.11. The molecule has 0 aliphatic rings. The maximum Gasteiger partial charge on any atom is 0.226 e. The predicted molar refractivity (Wildman–Crippen MR) is 101 cm³/mol. The van der Waals surface area contributed by atoms with E-state index in [1.54, 1.807) is 29.6 Å². The molecule has 1 amide bonds. The highest BCUT2D eigenvalue weighted by Gasteiger charge is 2.11. The number of benzene rings is 2. The number of anilines is 1. The van der Waals surface area contributed by atoms with Gasteiger partial charge in [-0.1, -0.05) is 29.8 Å². The summed E-state index contributed by atoms with van der Waals surface area (Å²) < 4.78 is 13.0. The Balaban J connectivity index is 1.54. The van der Waals surface area contributed by atoms with Crippen molar-refractivity contribution in [3.8, 4) is 11.3 Å². The quantitative estimate of drug-likeness (QED) is 0.632. The van der Waals surface area contributed by atoms with Gasteiger partial charge in [-0.3, -0.25) is 9.59 Å². The number of carbonyl (C=O) groups is 2. The summed E-state index contributed by atoms with van der Waals surface area (Å²) in [6.07, 6.45) is 0.239. The molecule has 1 N–H and O–H groups in total. The van der Waals surface area contributed by atoms with Crippen LogP contribution in [0, 0.1) is 12.7 Å². The molecule has 132 valence electrons. The first-order chi connectivity index (χ1) is 12.5. The van der Waals surface area contributed by atoms with Gasteiger partial charge >= 0.3 is 0 Å². The van der Waals surface area contributed by atoms with Gasteiger partial charge in [0.2, 0.25) is 5.91 Å². The third kappa shape index (κ3) is 4.61. The molecule has 0 aliphatic carbocycles. The maximum absolute atomic E-state index is 13.0. The Morgan fingerprint density at radius 1 is 1.04 bits per heavy atom. The summed E-state index contributed by atoms with van der Waals surface area (Å²) in [6.45, 7) is 1.95. The Kier molecular flexibility index (Phi) is 5.53. The van der Waals surface area contributed by atoms with Crippen LogP contribution in [0.1, 0.15) is 28.8 Å². The number of rotatable bonds is 6. The molecule has 0 saturated heterocycles. The van der Waals surface area contributed by atoms with Crippen LogP contribution < -0.4 is 5.32 Å². The number of nitrogens with one attached hydrogen (secondary N) is 1. The molecule has 0 fully saturated rings. The van der Waals surface area contributed by atoms with Gasteiger partial charge in [0.05, 0.1) is 5.69 Å². The van der Waals surface area contributed by atoms with E-state index in [0.29, 0.717) is 16.4 Å². The summed E-state index contributed by atoms with van der Waals surface area (Å²) in [5, 5.41) is 4.95. The van der Waals surface area contributed by atoms with Gasteiger partial charge in [-0.15, -0.1) is 11.3 Å². The highest BCUT2D eigenvalue weighted by Crippen LogP contribution is 2.25. The van der Waals surface area contributed by atoms with Crippen LogP contribution in [0.3, 0.4) is 0 Å². The van der Waals surface area contributed by atoms with Gasteiger partial charge in [0.15, 0.2) is 10.9 Å². The van der Waals surface area contributed by atoms with Crippen molar-refractivity contribution < 1.29 is 14.0 Å². The van der Waals surface area contributed by atoms with E-state index in [0.717, 1.165) is 11.1 Å². The number of aryl methyl sites for hydroxylation is 1. The number of carbonyl (C=O) groups excluding carboxylic acids is 2. The second-order valence-electron chi connectivity index (χ2n) is 5.88.